The minimum absolute atomic E-state index is 0.198. The average molecular weight is 422 g/mol. The number of nitrogens with one attached hydrogen (secondary N) is 1. The number of carbonyl (C=O) groups excluding carboxylic acids is 2. The third kappa shape index (κ3) is 5.41. The van der Waals surface area contributed by atoms with Crippen molar-refractivity contribution in [3.05, 3.63) is 23.0 Å². The van der Waals surface area contributed by atoms with Crippen molar-refractivity contribution in [1.82, 2.24) is 15.0 Å². The molecule has 3 heterocycles. The molecule has 1 aliphatic heterocycles. The molecule has 150 valence electrons. The quantitative estimate of drug-likeness (QED) is 0.414. The second-order valence-corrected chi connectivity index (χ2v) is 8.25. The minimum atomic E-state index is -0.418. The zero-order valence-corrected chi connectivity index (χ0v) is 17.6. The van der Waals surface area contributed by atoms with Crippen LogP contribution >= 0.6 is 23.1 Å². The van der Waals surface area contributed by atoms with Crippen LogP contribution in [0, 0.1) is 6.92 Å². The molecule has 0 radical (unpaired) electrons. The fourth-order valence-corrected chi connectivity index (χ4v) is 4.37. The van der Waals surface area contributed by atoms with Gasteiger partial charge in [-0.15, -0.1) is 0 Å². The average Bonchev–Trinajstić information content (AvgIpc) is 3.07. The van der Waals surface area contributed by atoms with Gasteiger partial charge in [0, 0.05) is 19.2 Å². The summed E-state index contributed by atoms with van der Waals surface area (Å²) in [4.78, 5) is 39.6. The van der Waals surface area contributed by atoms with E-state index < -0.39 is 5.97 Å². The van der Waals surface area contributed by atoms with Crippen molar-refractivity contribution in [1.29, 1.82) is 0 Å². The van der Waals surface area contributed by atoms with Crippen LogP contribution in [-0.2, 0) is 9.53 Å². The highest BCUT2D eigenvalue weighted by atomic mass is 32.2. The third-order valence-corrected chi connectivity index (χ3v) is 6.14. The van der Waals surface area contributed by atoms with Crippen molar-refractivity contribution < 1.29 is 14.3 Å². The van der Waals surface area contributed by atoms with E-state index >= 15 is 0 Å². The lowest BCUT2D eigenvalue weighted by atomic mass is 10.1. The van der Waals surface area contributed by atoms with Gasteiger partial charge in [0.1, 0.15) is 22.0 Å². The van der Waals surface area contributed by atoms with Crippen LogP contribution in [0.2, 0.25) is 0 Å². The molecule has 0 aliphatic carbocycles. The molecule has 1 N–H and O–H groups in total. The Hall–Kier alpha value is -2.20. The van der Waals surface area contributed by atoms with Crippen LogP contribution in [0.5, 0.6) is 0 Å². The molecule has 1 aliphatic rings. The molecule has 0 unspecified atom stereocenters. The molecule has 0 atom stereocenters. The van der Waals surface area contributed by atoms with Gasteiger partial charge in [0.05, 0.1) is 18.1 Å². The number of ether oxygens (including phenoxy) is 1. The van der Waals surface area contributed by atoms with E-state index in [1.54, 1.807) is 20.2 Å². The SMILES string of the molecule is CCOC(=O)c1sc(NC(=O)CSc2cc(N3CCCCC3)ncn2)nc1C. The second kappa shape index (κ2) is 9.83. The number of hydrogen-bond donors (Lipinski definition) is 1. The smallest absolute Gasteiger partial charge is 0.350 e. The van der Waals surface area contributed by atoms with E-state index in [0.717, 1.165) is 35.3 Å². The standard InChI is InChI=1S/C18H23N5O3S2/c1-3-26-17(25)16-12(2)21-18(28-16)22-14(24)10-27-15-9-13(19-11-20-15)23-7-5-4-6-8-23/h9,11H,3-8,10H2,1-2H3,(H,21,22,24). The van der Waals surface area contributed by atoms with E-state index in [1.165, 1.54) is 31.0 Å². The predicted molar refractivity (Wildman–Crippen MR) is 110 cm³/mol. The van der Waals surface area contributed by atoms with E-state index in [4.69, 9.17) is 4.74 Å². The summed E-state index contributed by atoms with van der Waals surface area (Å²) in [5.41, 5.74) is 0.549. The van der Waals surface area contributed by atoms with Gasteiger partial charge in [0.2, 0.25) is 5.91 Å². The number of nitrogens with zero attached hydrogens (tertiary/aromatic N) is 4. The monoisotopic (exact) mass is 421 g/mol. The maximum atomic E-state index is 12.3. The van der Waals surface area contributed by atoms with Gasteiger partial charge >= 0.3 is 5.97 Å². The molecule has 0 saturated carbocycles. The van der Waals surface area contributed by atoms with Crippen molar-refractivity contribution in [3.63, 3.8) is 0 Å². The van der Waals surface area contributed by atoms with Gasteiger partial charge in [-0.2, -0.15) is 0 Å². The van der Waals surface area contributed by atoms with E-state index in [2.05, 4.69) is 25.2 Å². The number of hydrogen-bond acceptors (Lipinski definition) is 9. The van der Waals surface area contributed by atoms with E-state index in [-0.39, 0.29) is 11.7 Å². The summed E-state index contributed by atoms with van der Waals surface area (Å²) in [6.45, 7) is 5.78. The van der Waals surface area contributed by atoms with Crippen LogP contribution < -0.4 is 10.2 Å². The fourth-order valence-electron chi connectivity index (χ4n) is 2.84. The molecule has 8 nitrogen and oxygen atoms in total. The number of aryl methyl sites for hydroxylation is 1. The van der Waals surface area contributed by atoms with Crippen molar-refractivity contribution >= 4 is 45.9 Å². The van der Waals surface area contributed by atoms with Gasteiger partial charge in [-0.25, -0.2) is 19.7 Å². The summed E-state index contributed by atoms with van der Waals surface area (Å²) in [5, 5.41) is 3.88. The van der Waals surface area contributed by atoms with Gasteiger partial charge in [-0.05, 0) is 33.1 Å². The van der Waals surface area contributed by atoms with Crippen LogP contribution in [0.4, 0.5) is 10.9 Å². The van der Waals surface area contributed by atoms with Gasteiger partial charge in [0.15, 0.2) is 5.13 Å². The number of thiazole rings is 1. The number of aromatic nitrogens is 3. The number of rotatable bonds is 7. The first-order chi connectivity index (χ1) is 13.6. The molecular formula is C18H23N5O3S2. The lowest BCUT2D eigenvalue weighted by Gasteiger charge is -2.27. The molecule has 0 spiro atoms. The number of amides is 1. The number of piperidine rings is 1. The van der Waals surface area contributed by atoms with E-state index in [1.807, 2.05) is 6.07 Å². The summed E-state index contributed by atoms with van der Waals surface area (Å²) in [6.07, 6.45) is 5.16. The Labute approximate surface area is 172 Å². The normalized spacial score (nSPS) is 14.0. The Kier molecular flexibility index (Phi) is 7.21. The van der Waals surface area contributed by atoms with E-state index in [9.17, 15) is 9.59 Å². The highest BCUT2D eigenvalue weighted by molar-refractivity contribution is 7.99. The Bertz CT molecular complexity index is 836. The van der Waals surface area contributed by atoms with Crippen LogP contribution in [-0.4, -0.2) is 52.3 Å². The molecule has 1 amide bonds. The molecule has 0 aromatic carbocycles. The summed E-state index contributed by atoms with van der Waals surface area (Å²) < 4.78 is 4.99. The lowest BCUT2D eigenvalue weighted by molar-refractivity contribution is -0.113. The van der Waals surface area contributed by atoms with Crippen LogP contribution in [0.3, 0.4) is 0 Å². The fraction of sp³-hybridized carbons (Fsp3) is 0.500. The Morgan fingerprint density at radius 3 is 2.82 bits per heavy atom. The molecule has 2 aromatic rings. The van der Waals surface area contributed by atoms with Gasteiger partial charge < -0.3 is 15.0 Å². The minimum Gasteiger partial charge on any atom is -0.462 e. The predicted octanol–water partition coefficient (Wildman–Crippen LogP) is 3.14. The molecule has 1 saturated heterocycles. The Balaban J connectivity index is 1.54. The Morgan fingerprint density at radius 2 is 2.07 bits per heavy atom. The zero-order valence-electron chi connectivity index (χ0n) is 15.9. The first kappa shape index (κ1) is 20.5. The maximum absolute atomic E-state index is 12.3. The Morgan fingerprint density at radius 1 is 1.29 bits per heavy atom. The highest BCUT2D eigenvalue weighted by Gasteiger charge is 2.18. The summed E-state index contributed by atoms with van der Waals surface area (Å²) in [7, 11) is 0. The zero-order chi connectivity index (χ0) is 19.9. The molecule has 2 aromatic heterocycles. The van der Waals surface area contributed by atoms with Gasteiger partial charge in [0.25, 0.3) is 0 Å². The maximum Gasteiger partial charge on any atom is 0.350 e. The van der Waals surface area contributed by atoms with Crippen LogP contribution in [0.25, 0.3) is 0 Å². The number of anilines is 2. The highest BCUT2D eigenvalue weighted by Crippen LogP contribution is 2.25. The van der Waals surface area contributed by atoms with E-state index in [0.29, 0.717) is 22.3 Å². The summed E-state index contributed by atoms with van der Waals surface area (Å²) in [5.74, 6) is 0.488. The molecule has 28 heavy (non-hydrogen) atoms. The second-order valence-electron chi connectivity index (χ2n) is 6.25. The summed E-state index contributed by atoms with van der Waals surface area (Å²) in [6, 6.07) is 1.93. The number of carbonyl (C=O) groups is 2. The first-order valence-electron chi connectivity index (χ1n) is 9.21. The largest absolute Gasteiger partial charge is 0.462 e. The number of thioether (sulfide) groups is 1. The molecule has 0 bridgehead atoms. The molecule has 3 rings (SSSR count). The molecular weight excluding hydrogens is 398 g/mol. The number of esters is 1. The van der Waals surface area contributed by atoms with Gasteiger partial charge in [-0.3, -0.25) is 4.79 Å². The van der Waals surface area contributed by atoms with Crippen molar-refractivity contribution in [3.8, 4) is 0 Å². The van der Waals surface area contributed by atoms with Crippen molar-refractivity contribution in [2.45, 2.75) is 38.1 Å². The first-order valence-corrected chi connectivity index (χ1v) is 11.0. The topological polar surface area (TPSA) is 97.3 Å². The molecule has 10 heteroatoms. The lowest BCUT2D eigenvalue weighted by Crippen LogP contribution is -2.30. The third-order valence-electron chi connectivity index (χ3n) is 4.16. The van der Waals surface area contributed by atoms with Gasteiger partial charge in [-0.1, -0.05) is 23.1 Å². The van der Waals surface area contributed by atoms with Crippen LogP contribution in [0.1, 0.15) is 41.6 Å². The van der Waals surface area contributed by atoms with Crippen molar-refractivity contribution in [2.24, 2.45) is 0 Å². The molecule has 1 fully saturated rings. The van der Waals surface area contributed by atoms with Crippen molar-refractivity contribution in [2.75, 3.05) is 35.7 Å². The summed E-state index contributed by atoms with van der Waals surface area (Å²) >= 11 is 2.47. The van der Waals surface area contributed by atoms with Crippen LogP contribution in [0.15, 0.2) is 17.4 Å².